The Morgan fingerprint density at radius 3 is 2.89 bits per heavy atom. The van der Waals surface area contributed by atoms with Gasteiger partial charge in [0.25, 0.3) is 5.88 Å². The number of carbonyl (C=O) groups excluding carboxylic acids is 1. The molecule has 0 atom stereocenters. The van der Waals surface area contributed by atoms with Crippen LogP contribution in [0.4, 0.5) is 4.79 Å². The van der Waals surface area contributed by atoms with Crippen molar-refractivity contribution in [3.05, 3.63) is 23.1 Å². The number of nitrogens with one attached hydrogen (secondary N) is 1. The van der Waals surface area contributed by atoms with Crippen LogP contribution in [0.3, 0.4) is 0 Å². The number of rotatable bonds is 8. The fraction of sp³-hybridized carbons (Fsp3) is 0.588. The van der Waals surface area contributed by atoms with Crippen molar-refractivity contribution in [2.75, 3.05) is 26.3 Å². The summed E-state index contributed by atoms with van der Waals surface area (Å²) in [4.78, 5) is 11.9. The zero-order valence-corrected chi connectivity index (χ0v) is 15.5. The SMILES string of the molecule is CCCCc1noc(C)c1COc1cc(OC(=O)NN2CCOCC2)on1. The van der Waals surface area contributed by atoms with Crippen LogP contribution in [0.2, 0.25) is 0 Å². The Bertz CT molecular complexity index is 738. The van der Waals surface area contributed by atoms with E-state index in [2.05, 4.69) is 22.7 Å². The zero-order chi connectivity index (χ0) is 19.1. The maximum atomic E-state index is 11.9. The summed E-state index contributed by atoms with van der Waals surface area (Å²) in [6.45, 7) is 6.52. The van der Waals surface area contributed by atoms with E-state index in [1.165, 1.54) is 6.07 Å². The minimum absolute atomic E-state index is 0.0518. The van der Waals surface area contributed by atoms with E-state index in [0.29, 0.717) is 32.1 Å². The summed E-state index contributed by atoms with van der Waals surface area (Å²) in [5, 5.41) is 9.54. The highest BCUT2D eigenvalue weighted by molar-refractivity contribution is 5.69. The van der Waals surface area contributed by atoms with Crippen molar-refractivity contribution in [2.24, 2.45) is 0 Å². The number of hydrazine groups is 1. The Morgan fingerprint density at radius 2 is 2.11 bits per heavy atom. The molecule has 0 radical (unpaired) electrons. The molecule has 1 N–H and O–H groups in total. The van der Waals surface area contributed by atoms with Crippen LogP contribution < -0.4 is 14.9 Å². The highest BCUT2D eigenvalue weighted by Gasteiger charge is 2.18. The molecule has 1 aliphatic heterocycles. The predicted molar refractivity (Wildman–Crippen MR) is 92.2 cm³/mol. The summed E-state index contributed by atoms with van der Waals surface area (Å²) >= 11 is 0. The third-order valence-corrected chi connectivity index (χ3v) is 4.12. The summed E-state index contributed by atoms with van der Waals surface area (Å²) in [5.74, 6) is 0.876. The Kier molecular flexibility index (Phi) is 6.66. The Labute approximate surface area is 156 Å². The van der Waals surface area contributed by atoms with Gasteiger partial charge in [0.05, 0.1) is 30.5 Å². The van der Waals surface area contributed by atoms with Crippen LogP contribution in [0.25, 0.3) is 0 Å². The molecule has 2 aromatic rings. The van der Waals surface area contributed by atoms with Crippen LogP contribution in [0.15, 0.2) is 15.1 Å². The molecule has 0 unspecified atom stereocenters. The van der Waals surface area contributed by atoms with Gasteiger partial charge in [-0.05, 0) is 24.9 Å². The summed E-state index contributed by atoms with van der Waals surface area (Å²) < 4.78 is 26.1. The van der Waals surface area contributed by atoms with Crippen LogP contribution in [-0.4, -0.2) is 47.7 Å². The average Bonchev–Trinajstić information content (AvgIpc) is 3.25. The number of ether oxygens (including phenoxy) is 3. The summed E-state index contributed by atoms with van der Waals surface area (Å²) in [6, 6.07) is 1.41. The molecule has 1 aliphatic rings. The number of carbonyl (C=O) groups is 1. The lowest BCUT2D eigenvalue weighted by molar-refractivity contribution is 0.0143. The number of nitrogens with zero attached hydrogens (tertiary/aromatic N) is 3. The van der Waals surface area contributed by atoms with E-state index >= 15 is 0 Å². The molecule has 148 valence electrons. The lowest BCUT2D eigenvalue weighted by Crippen LogP contribution is -2.49. The molecule has 0 aliphatic carbocycles. The Hall–Kier alpha value is -2.59. The monoisotopic (exact) mass is 380 g/mol. The molecule has 1 amide bonds. The largest absolute Gasteiger partial charge is 0.470 e. The highest BCUT2D eigenvalue weighted by Crippen LogP contribution is 2.22. The van der Waals surface area contributed by atoms with E-state index in [-0.39, 0.29) is 18.4 Å². The first-order valence-electron chi connectivity index (χ1n) is 9.00. The van der Waals surface area contributed by atoms with Gasteiger partial charge in [-0.1, -0.05) is 18.5 Å². The summed E-state index contributed by atoms with van der Waals surface area (Å²) in [5.41, 5.74) is 4.40. The maximum absolute atomic E-state index is 11.9. The quantitative estimate of drug-likeness (QED) is 0.736. The number of hydrogen-bond donors (Lipinski definition) is 1. The van der Waals surface area contributed by atoms with Gasteiger partial charge in [-0.15, -0.1) is 0 Å². The zero-order valence-electron chi connectivity index (χ0n) is 15.5. The highest BCUT2D eigenvalue weighted by atomic mass is 16.7. The molecule has 0 bridgehead atoms. The first-order valence-corrected chi connectivity index (χ1v) is 9.00. The first kappa shape index (κ1) is 19.2. The number of aryl methyl sites for hydroxylation is 2. The van der Waals surface area contributed by atoms with Crippen LogP contribution in [0, 0.1) is 6.92 Å². The second kappa shape index (κ2) is 9.38. The molecule has 1 fully saturated rings. The van der Waals surface area contributed by atoms with Gasteiger partial charge in [-0.2, -0.15) is 0 Å². The van der Waals surface area contributed by atoms with Crippen molar-refractivity contribution >= 4 is 6.09 Å². The molecule has 3 rings (SSSR count). The summed E-state index contributed by atoms with van der Waals surface area (Å²) in [6.07, 6.45) is 2.28. The van der Waals surface area contributed by atoms with Gasteiger partial charge in [-0.25, -0.2) is 9.80 Å². The van der Waals surface area contributed by atoms with Gasteiger partial charge in [0.15, 0.2) is 0 Å². The topological polar surface area (TPSA) is 112 Å². The van der Waals surface area contributed by atoms with Crippen LogP contribution in [0.5, 0.6) is 11.8 Å². The van der Waals surface area contributed by atoms with E-state index < -0.39 is 6.09 Å². The van der Waals surface area contributed by atoms with Gasteiger partial charge < -0.3 is 23.3 Å². The van der Waals surface area contributed by atoms with E-state index in [0.717, 1.165) is 30.5 Å². The molecule has 10 nitrogen and oxygen atoms in total. The minimum atomic E-state index is -0.656. The number of morpholine rings is 1. The first-order chi connectivity index (χ1) is 13.2. The van der Waals surface area contributed by atoms with Gasteiger partial charge in [-0.3, -0.25) is 5.43 Å². The fourth-order valence-corrected chi connectivity index (χ4v) is 2.59. The van der Waals surface area contributed by atoms with Crippen molar-refractivity contribution in [3.63, 3.8) is 0 Å². The maximum Gasteiger partial charge on any atom is 0.429 e. The van der Waals surface area contributed by atoms with Crippen molar-refractivity contribution in [3.8, 4) is 11.8 Å². The Balaban J connectivity index is 1.49. The summed E-state index contributed by atoms with van der Waals surface area (Å²) in [7, 11) is 0. The van der Waals surface area contributed by atoms with Crippen LogP contribution >= 0.6 is 0 Å². The second-order valence-electron chi connectivity index (χ2n) is 6.14. The minimum Gasteiger partial charge on any atom is -0.470 e. The van der Waals surface area contributed by atoms with E-state index in [1.54, 1.807) is 5.01 Å². The van der Waals surface area contributed by atoms with Crippen LogP contribution in [-0.2, 0) is 17.8 Å². The van der Waals surface area contributed by atoms with Crippen LogP contribution in [0.1, 0.15) is 36.8 Å². The molecule has 0 aromatic carbocycles. The predicted octanol–water partition coefficient (Wildman–Crippen LogP) is 2.23. The number of amides is 1. The van der Waals surface area contributed by atoms with Gasteiger partial charge in [0.1, 0.15) is 12.4 Å². The smallest absolute Gasteiger partial charge is 0.429 e. The van der Waals surface area contributed by atoms with E-state index in [4.69, 9.17) is 23.3 Å². The Morgan fingerprint density at radius 1 is 1.30 bits per heavy atom. The van der Waals surface area contributed by atoms with E-state index in [1.807, 2.05) is 6.92 Å². The van der Waals surface area contributed by atoms with Gasteiger partial charge in [0.2, 0.25) is 0 Å². The average molecular weight is 380 g/mol. The number of hydrogen-bond acceptors (Lipinski definition) is 9. The standard InChI is InChI=1S/C17H24N4O6/c1-3-4-5-14-13(12(2)26-19-14)11-24-15-10-16(27-20-15)25-17(22)18-21-6-8-23-9-7-21/h10H,3-9,11H2,1-2H3,(H,18,22). The molecular weight excluding hydrogens is 356 g/mol. The third-order valence-electron chi connectivity index (χ3n) is 4.12. The molecule has 3 heterocycles. The van der Waals surface area contributed by atoms with Gasteiger partial charge in [0, 0.05) is 13.1 Å². The molecule has 0 spiro atoms. The normalized spacial score (nSPS) is 14.9. The molecule has 27 heavy (non-hydrogen) atoms. The molecule has 2 aromatic heterocycles. The van der Waals surface area contributed by atoms with Crippen molar-refractivity contribution < 1.29 is 28.1 Å². The molecule has 1 saturated heterocycles. The lowest BCUT2D eigenvalue weighted by Gasteiger charge is -2.25. The van der Waals surface area contributed by atoms with E-state index in [9.17, 15) is 4.79 Å². The number of aromatic nitrogens is 2. The third kappa shape index (κ3) is 5.44. The molecular formula is C17H24N4O6. The molecule has 0 saturated carbocycles. The molecule has 10 heteroatoms. The number of unbranched alkanes of at least 4 members (excludes halogenated alkanes) is 1. The second-order valence-corrected chi connectivity index (χ2v) is 6.14. The van der Waals surface area contributed by atoms with Crippen molar-refractivity contribution in [1.82, 2.24) is 20.7 Å². The van der Waals surface area contributed by atoms with Crippen molar-refractivity contribution in [1.29, 1.82) is 0 Å². The van der Waals surface area contributed by atoms with Gasteiger partial charge >= 0.3 is 12.0 Å². The lowest BCUT2D eigenvalue weighted by atomic mass is 10.1. The van der Waals surface area contributed by atoms with Crippen molar-refractivity contribution in [2.45, 2.75) is 39.7 Å². The fourth-order valence-electron chi connectivity index (χ4n) is 2.59.